The largest absolute Gasteiger partial charge is 0.473 e. The molecule has 1 heterocycles. The summed E-state index contributed by atoms with van der Waals surface area (Å²) < 4.78 is 10.9. The van der Waals surface area contributed by atoms with Gasteiger partial charge in [-0.1, -0.05) is 13.8 Å². The van der Waals surface area contributed by atoms with Crippen LogP contribution >= 0.6 is 0 Å². The molecule has 0 aliphatic carbocycles. The van der Waals surface area contributed by atoms with E-state index < -0.39 is 0 Å². The van der Waals surface area contributed by atoms with Crippen molar-refractivity contribution in [2.75, 3.05) is 0 Å². The van der Waals surface area contributed by atoms with E-state index in [4.69, 9.17) is 9.47 Å². The molecule has 0 aromatic carbocycles. The van der Waals surface area contributed by atoms with Gasteiger partial charge in [0.05, 0.1) is 12.4 Å². The van der Waals surface area contributed by atoms with Crippen LogP contribution in [0.5, 0.6) is 0 Å². The van der Waals surface area contributed by atoms with Crippen LogP contribution in [0.4, 0.5) is 0 Å². The summed E-state index contributed by atoms with van der Waals surface area (Å²) in [5.41, 5.74) is 0. The molecular formula is C9H16O2. The molecule has 11 heavy (non-hydrogen) atoms. The molecule has 0 fully saturated rings. The quantitative estimate of drug-likeness (QED) is 0.580. The minimum Gasteiger partial charge on any atom is -0.473 e. The predicted octanol–water partition coefficient (Wildman–Crippen LogP) is 2.31. The maximum atomic E-state index is 5.59. The lowest BCUT2D eigenvalue weighted by molar-refractivity contribution is -0.152. The van der Waals surface area contributed by atoms with Crippen molar-refractivity contribution in [3.63, 3.8) is 0 Å². The van der Waals surface area contributed by atoms with Crippen molar-refractivity contribution in [3.8, 4) is 0 Å². The molecule has 0 spiro atoms. The standard InChI is InChI=1S/C9H16O2/c1-7(2)9-10-6-4-5-8(3)11-9/h4,6-9H,5H2,1-3H3/t8-,9-/m0/s1. The monoisotopic (exact) mass is 156 g/mol. The maximum Gasteiger partial charge on any atom is 0.201 e. The van der Waals surface area contributed by atoms with Gasteiger partial charge in [-0.3, -0.25) is 0 Å². The Hall–Kier alpha value is -0.500. The maximum absolute atomic E-state index is 5.59. The highest BCUT2D eigenvalue weighted by molar-refractivity contribution is 4.80. The first-order valence-corrected chi connectivity index (χ1v) is 4.16. The third kappa shape index (κ3) is 2.54. The highest BCUT2D eigenvalue weighted by atomic mass is 16.7. The molecule has 0 saturated carbocycles. The normalized spacial score (nSPS) is 31.6. The zero-order valence-electron chi connectivity index (χ0n) is 7.41. The van der Waals surface area contributed by atoms with Gasteiger partial charge >= 0.3 is 0 Å². The van der Waals surface area contributed by atoms with Gasteiger partial charge in [0, 0.05) is 5.92 Å². The van der Waals surface area contributed by atoms with Gasteiger partial charge in [-0.25, -0.2) is 0 Å². The zero-order valence-corrected chi connectivity index (χ0v) is 7.41. The van der Waals surface area contributed by atoms with Gasteiger partial charge in [-0.05, 0) is 19.4 Å². The minimum absolute atomic E-state index is 0.0660. The van der Waals surface area contributed by atoms with Gasteiger partial charge in [0.1, 0.15) is 0 Å². The molecule has 0 saturated heterocycles. The summed E-state index contributed by atoms with van der Waals surface area (Å²) in [7, 11) is 0. The first-order chi connectivity index (χ1) is 5.20. The van der Waals surface area contributed by atoms with Crippen LogP contribution in [0, 0.1) is 5.92 Å². The predicted molar refractivity (Wildman–Crippen MR) is 44.0 cm³/mol. The highest BCUT2D eigenvalue weighted by Gasteiger charge is 2.18. The number of rotatable bonds is 1. The molecule has 0 aromatic rings. The van der Waals surface area contributed by atoms with E-state index in [1.54, 1.807) is 6.26 Å². The van der Waals surface area contributed by atoms with Gasteiger partial charge in [0.2, 0.25) is 6.29 Å². The van der Waals surface area contributed by atoms with E-state index in [2.05, 4.69) is 20.8 Å². The average Bonchev–Trinajstić information content (AvgIpc) is 2.13. The Kier molecular flexibility index (Phi) is 2.94. The Balaban J connectivity index is 2.47. The van der Waals surface area contributed by atoms with E-state index in [9.17, 15) is 0 Å². The third-order valence-corrected chi connectivity index (χ3v) is 1.69. The van der Waals surface area contributed by atoms with Crippen LogP contribution in [0.3, 0.4) is 0 Å². The zero-order chi connectivity index (χ0) is 8.27. The Morgan fingerprint density at radius 2 is 2.18 bits per heavy atom. The molecule has 2 atom stereocenters. The van der Waals surface area contributed by atoms with Crippen molar-refractivity contribution in [1.82, 2.24) is 0 Å². The first kappa shape index (κ1) is 8.60. The topological polar surface area (TPSA) is 18.5 Å². The molecule has 0 amide bonds. The molecule has 0 radical (unpaired) electrons. The fourth-order valence-corrected chi connectivity index (χ4v) is 1.01. The molecule has 1 aliphatic rings. The average molecular weight is 156 g/mol. The van der Waals surface area contributed by atoms with E-state index >= 15 is 0 Å². The fourth-order valence-electron chi connectivity index (χ4n) is 1.01. The van der Waals surface area contributed by atoms with Crippen molar-refractivity contribution in [2.45, 2.75) is 39.6 Å². The number of ether oxygens (including phenoxy) is 2. The lowest BCUT2D eigenvalue weighted by atomic mass is 10.2. The molecule has 0 aromatic heterocycles. The molecule has 1 rings (SSSR count). The molecule has 2 nitrogen and oxygen atoms in total. The van der Waals surface area contributed by atoms with Crippen LogP contribution in [0.25, 0.3) is 0 Å². The van der Waals surface area contributed by atoms with Crippen molar-refractivity contribution in [3.05, 3.63) is 12.3 Å². The van der Waals surface area contributed by atoms with E-state index in [-0.39, 0.29) is 12.4 Å². The summed E-state index contributed by atoms with van der Waals surface area (Å²) in [6.45, 7) is 6.25. The molecular weight excluding hydrogens is 140 g/mol. The molecule has 0 N–H and O–H groups in total. The van der Waals surface area contributed by atoms with Gasteiger partial charge in [-0.2, -0.15) is 0 Å². The summed E-state index contributed by atoms with van der Waals surface area (Å²) in [4.78, 5) is 0. The summed E-state index contributed by atoms with van der Waals surface area (Å²) in [6.07, 6.45) is 4.91. The van der Waals surface area contributed by atoms with Gasteiger partial charge in [0.25, 0.3) is 0 Å². The first-order valence-electron chi connectivity index (χ1n) is 4.16. The van der Waals surface area contributed by atoms with E-state index in [0.717, 1.165) is 6.42 Å². The second-order valence-electron chi connectivity index (χ2n) is 3.30. The minimum atomic E-state index is -0.0660. The highest BCUT2D eigenvalue weighted by Crippen LogP contribution is 2.16. The van der Waals surface area contributed by atoms with Crippen LogP contribution in [-0.2, 0) is 9.47 Å². The van der Waals surface area contributed by atoms with Crippen molar-refractivity contribution in [1.29, 1.82) is 0 Å². The van der Waals surface area contributed by atoms with Crippen molar-refractivity contribution in [2.24, 2.45) is 5.92 Å². The SMILES string of the molecule is CC(C)[C@H]1OC=CC[C@H](C)O1. The molecule has 0 bridgehead atoms. The molecule has 64 valence electrons. The smallest absolute Gasteiger partial charge is 0.201 e. The van der Waals surface area contributed by atoms with E-state index in [0.29, 0.717) is 5.92 Å². The summed E-state index contributed by atoms with van der Waals surface area (Å²) >= 11 is 0. The van der Waals surface area contributed by atoms with Crippen molar-refractivity contribution >= 4 is 0 Å². The van der Waals surface area contributed by atoms with E-state index in [1.165, 1.54) is 0 Å². The Morgan fingerprint density at radius 3 is 2.82 bits per heavy atom. The third-order valence-electron chi connectivity index (χ3n) is 1.69. The van der Waals surface area contributed by atoms with Crippen LogP contribution < -0.4 is 0 Å². The lowest BCUT2D eigenvalue weighted by Gasteiger charge is -2.21. The number of hydrogen-bond acceptors (Lipinski definition) is 2. The number of hydrogen-bond donors (Lipinski definition) is 0. The van der Waals surface area contributed by atoms with Gasteiger partial charge < -0.3 is 9.47 Å². The lowest BCUT2D eigenvalue weighted by Crippen LogP contribution is -2.24. The molecule has 2 heteroatoms. The Bertz CT molecular complexity index is 140. The van der Waals surface area contributed by atoms with Crippen LogP contribution in [0.2, 0.25) is 0 Å². The Morgan fingerprint density at radius 1 is 1.45 bits per heavy atom. The van der Waals surface area contributed by atoms with E-state index in [1.807, 2.05) is 6.08 Å². The van der Waals surface area contributed by atoms with Gasteiger partial charge in [0.15, 0.2) is 0 Å². The van der Waals surface area contributed by atoms with Crippen molar-refractivity contribution < 1.29 is 9.47 Å². The molecule has 1 aliphatic heterocycles. The fraction of sp³-hybridized carbons (Fsp3) is 0.778. The summed E-state index contributed by atoms with van der Waals surface area (Å²) in [6, 6.07) is 0. The molecule has 0 unspecified atom stereocenters. The Labute approximate surface area is 68.2 Å². The van der Waals surface area contributed by atoms with Gasteiger partial charge in [-0.15, -0.1) is 0 Å². The van der Waals surface area contributed by atoms with Crippen LogP contribution in [0.15, 0.2) is 12.3 Å². The van der Waals surface area contributed by atoms with Crippen LogP contribution in [-0.4, -0.2) is 12.4 Å². The second-order valence-corrected chi connectivity index (χ2v) is 3.30. The summed E-state index contributed by atoms with van der Waals surface area (Å²) in [5, 5.41) is 0. The van der Waals surface area contributed by atoms with Crippen LogP contribution in [0.1, 0.15) is 27.2 Å². The summed E-state index contributed by atoms with van der Waals surface area (Å²) in [5.74, 6) is 0.417. The second kappa shape index (κ2) is 3.77.